The second-order valence-electron chi connectivity index (χ2n) is 11.2. The van der Waals surface area contributed by atoms with Gasteiger partial charge in [-0.05, 0) is 76.0 Å². The quantitative estimate of drug-likeness (QED) is 0.122. The van der Waals surface area contributed by atoms with Gasteiger partial charge in [0.15, 0.2) is 11.5 Å². The summed E-state index contributed by atoms with van der Waals surface area (Å²) in [6.45, 7) is 8.84. The number of nitrogens with two attached hydrogens (primary N) is 1. The van der Waals surface area contributed by atoms with Gasteiger partial charge in [-0.1, -0.05) is 46.1 Å². The molecule has 0 heterocycles. The molecule has 3 N–H and O–H groups in total. The van der Waals surface area contributed by atoms with Gasteiger partial charge in [-0.25, -0.2) is 14.4 Å². The van der Waals surface area contributed by atoms with Crippen LogP contribution in [0, 0.1) is 5.92 Å². The summed E-state index contributed by atoms with van der Waals surface area (Å²) in [4.78, 5) is 49.3. The molecule has 12 heteroatoms. The van der Waals surface area contributed by atoms with E-state index in [9.17, 15) is 24.3 Å². The van der Waals surface area contributed by atoms with Crippen LogP contribution in [-0.2, 0) is 23.7 Å². The maximum Gasteiger partial charge on any atom is 0.514 e. The molecule has 0 saturated heterocycles. The molecule has 5 atom stereocenters. The fourth-order valence-corrected chi connectivity index (χ4v) is 5.08. The molecule has 1 aromatic carbocycles. The van der Waals surface area contributed by atoms with E-state index in [1.54, 1.807) is 20.8 Å². The molecule has 0 spiro atoms. The lowest BCUT2D eigenvalue weighted by molar-refractivity contribution is -0.139. The molecule has 0 radical (unpaired) electrons. The molecular weight excluding hydrogens is 562 g/mol. The summed E-state index contributed by atoms with van der Waals surface area (Å²) in [5.41, 5.74) is 6.44. The van der Waals surface area contributed by atoms with Gasteiger partial charge in [-0.15, -0.1) is 0 Å². The van der Waals surface area contributed by atoms with Gasteiger partial charge >= 0.3 is 24.4 Å². The van der Waals surface area contributed by atoms with Gasteiger partial charge in [0.2, 0.25) is 0 Å². The predicted molar refractivity (Wildman–Crippen MR) is 156 cm³/mol. The van der Waals surface area contributed by atoms with Crippen molar-refractivity contribution in [3.05, 3.63) is 23.8 Å². The molecule has 1 aliphatic rings. The number of carboxylic acids is 1. The first kappa shape index (κ1) is 35.7. The van der Waals surface area contributed by atoms with Gasteiger partial charge in [0, 0.05) is 5.92 Å². The number of carbonyl (C=O) groups excluding carboxylic acids is 3. The van der Waals surface area contributed by atoms with Crippen LogP contribution in [-0.4, -0.2) is 60.5 Å². The number of benzene rings is 1. The zero-order chi connectivity index (χ0) is 31.9. The normalized spacial score (nSPS) is 17.0. The first-order valence-electron chi connectivity index (χ1n) is 15.2. The molecule has 43 heavy (non-hydrogen) atoms. The van der Waals surface area contributed by atoms with Crippen LogP contribution in [0.5, 0.6) is 11.5 Å². The minimum atomic E-state index is -1.41. The Morgan fingerprint density at radius 2 is 1.42 bits per heavy atom. The molecule has 0 bridgehead atoms. The van der Waals surface area contributed by atoms with E-state index in [0.717, 1.165) is 44.9 Å². The van der Waals surface area contributed by atoms with Gasteiger partial charge in [-0.2, -0.15) is 0 Å². The van der Waals surface area contributed by atoms with E-state index < -0.39 is 54.5 Å². The van der Waals surface area contributed by atoms with Crippen molar-refractivity contribution in [1.82, 2.24) is 0 Å². The Labute approximate surface area is 253 Å². The average Bonchev–Trinajstić information content (AvgIpc) is 2.94. The van der Waals surface area contributed by atoms with E-state index in [4.69, 9.17) is 34.2 Å². The van der Waals surface area contributed by atoms with Crippen LogP contribution in [0.2, 0.25) is 0 Å². The minimum Gasteiger partial charge on any atom is -0.480 e. The minimum absolute atomic E-state index is 0.139. The summed E-state index contributed by atoms with van der Waals surface area (Å²) < 4.78 is 32.0. The highest BCUT2D eigenvalue weighted by atomic mass is 16.8. The lowest BCUT2D eigenvalue weighted by Gasteiger charge is -2.28. The van der Waals surface area contributed by atoms with E-state index in [1.165, 1.54) is 18.2 Å². The number of hydrogen-bond donors (Lipinski definition) is 2. The summed E-state index contributed by atoms with van der Waals surface area (Å²) in [6, 6.07) is 2.80. The molecule has 4 unspecified atom stereocenters. The first-order chi connectivity index (χ1) is 20.4. The fraction of sp³-hybridized carbons (Fsp3) is 0.677. The first-order valence-corrected chi connectivity index (χ1v) is 15.2. The lowest BCUT2D eigenvalue weighted by atomic mass is 9.82. The molecule has 1 saturated carbocycles. The number of carboxylic acid groups (broad SMARTS) is 1. The molecule has 1 fully saturated rings. The van der Waals surface area contributed by atoms with Gasteiger partial charge in [0.1, 0.15) is 24.4 Å². The number of rotatable bonds is 15. The van der Waals surface area contributed by atoms with E-state index in [-0.39, 0.29) is 24.2 Å². The lowest BCUT2D eigenvalue weighted by Crippen LogP contribution is -2.40. The zero-order valence-corrected chi connectivity index (χ0v) is 25.9. The summed E-state index contributed by atoms with van der Waals surface area (Å²) in [7, 11) is 0. The molecule has 1 aliphatic carbocycles. The molecular formula is C31H47NO11. The van der Waals surface area contributed by atoms with Crippen LogP contribution in [0.3, 0.4) is 0 Å². The summed E-state index contributed by atoms with van der Waals surface area (Å²) in [6.07, 6.45) is 3.55. The topological polar surface area (TPSA) is 170 Å². The van der Waals surface area contributed by atoms with Crippen molar-refractivity contribution >= 4 is 24.4 Å². The number of ether oxygens (including phenoxy) is 6. The predicted octanol–water partition coefficient (Wildman–Crippen LogP) is 6.71. The molecule has 0 aromatic heterocycles. The molecule has 1 aromatic rings. The van der Waals surface area contributed by atoms with Gasteiger partial charge < -0.3 is 39.3 Å². The molecule has 0 aliphatic heterocycles. The highest BCUT2D eigenvalue weighted by Crippen LogP contribution is 2.36. The van der Waals surface area contributed by atoms with Crippen molar-refractivity contribution in [1.29, 1.82) is 0 Å². The van der Waals surface area contributed by atoms with Crippen LogP contribution in [0.25, 0.3) is 0 Å². The van der Waals surface area contributed by atoms with Crippen molar-refractivity contribution in [3.63, 3.8) is 0 Å². The Morgan fingerprint density at radius 3 is 1.95 bits per heavy atom. The zero-order valence-electron chi connectivity index (χ0n) is 25.9. The van der Waals surface area contributed by atoms with Crippen molar-refractivity contribution in [3.8, 4) is 11.5 Å². The Morgan fingerprint density at radius 1 is 0.860 bits per heavy atom. The van der Waals surface area contributed by atoms with E-state index >= 15 is 0 Å². The van der Waals surface area contributed by atoms with Crippen LogP contribution in [0.4, 0.5) is 14.4 Å². The Kier molecular flexibility index (Phi) is 15.1. The van der Waals surface area contributed by atoms with Crippen LogP contribution in [0.1, 0.15) is 104 Å². The van der Waals surface area contributed by atoms with Gasteiger partial charge in [0.25, 0.3) is 0 Å². The Bertz CT molecular complexity index is 1060. The number of aliphatic carboxylic acids is 1. The monoisotopic (exact) mass is 609 g/mol. The Balaban J connectivity index is 2.30. The molecule has 12 nitrogen and oxygen atoms in total. The average molecular weight is 610 g/mol. The van der Waals surface area contributed by atoms with Crippen molar-refractivity contribution < 1.29 is 52.7 Å². The van der Waals surface area contributed by atoms with E-state index in [1.807, 2.05) is 13.8 Å². The van der Waals surface area contributed by atoms with Crippen molar-refractivity contribution in [2.24, 2.45) is 11.7 Å². The van der Waals surface area contributed by atoms with Gasteiger partial charge in [-0.3, -0.25) is 4.79 Å². The van der Waals surface area contributed by atoms with Crippen molar-refractivity contribution in [2.45, 2.75) is 123 Å². The fourth-order valence-electron chi connectivity index (χ4n) is 5.08. The second-order valence-corrected chi connectivity index (χ2v) is 11.2. The van der Waals surface area contributed by atoms with Crippen LogP contribution in [0.15, 0.2) is 18.2 Å². The third-order valence-electron chi connectivity index (χ3n) is 7.29. The number of carbonyl (C=O) groups is 4. The molecule has 2 rings (SSSR count). The second kappa shape index (κ2) is 18.2. The molecule has 242 valence electrons. The van der Waals surface area contributed by atoms with E-state index in [0.29, 0.717) is 18.4 Å². The van der Waals surface area contributed by atoms with Gasteiger partial charge in [0.05, 0.1) is 6.61 Å². The number of hydrogen-bond acceptors (Lipinski definition) is 11. The highest BCUT2D eigenvalue weighted by molar-refractivity contribution is 5.75. The highest BCUT2D eigenvalue weighted by Gasteiger charge is 2.33. The summed E-state index contributed by atoms with van der Waals surface area (Å²) >= 11 is 0. The smallest absolute Gasteiger partial charge is 0.480 e. The molecule has 0 amide bonds. The standard InChI is InChI=1S/C31H47NO11/c1-6-11-20(4)39-30(36)42-24-16-15-22(17-25(24)43-31(37)40-21(5)12-7-2)26(27(32)28(33)34)19(3)18-38-29(35)41-23-13-9-8-10-14-23/h15-17,19-21,23,26-27H,6-14,18,32H2,1-5H3,(H,33,34)/t19?,20?,21?,26?,27-/m0/s1. The summed E-state index contributed by atoms with van der Waals surface area (Å²) in [5.74, 6) is -3.12. The van der Waals surface area contributed by atoms with Crippen LogP contribution < -0.4 is 15.2 Å². The maximum absolute atomic E-state index is 12.6. The third kappa shape index (κ3) is 12.3. The van der Waals surface area contributed by atoms with Crippen LogP contribution >= 0.6 is 0 Å². The largest absolute Gasteiger partial charge is 0.514 e. The maximum atomic E-state index is 12.6. The SMILES string of the molecule is CCCC(C)OC(=O)Oc1ccc(C(C(C)COC(=O)OC2CCCCC2)[C@H](N)C(=O)O)cc1OC(=O)OC(C)CCC. The third-order valence-corrected chi connectivity index (χ3v) is 7.29. The van der Waals surface area contributed by atoms with E-state index in [2.05, 4.69) is 0 Å². The van der Waals surface area contributed by atoms with Crippen molar-refractivity contribution in [2.75, 3.05) is 6.61 Å². The summed E-state index contributed by atoms with van der Waals surface area (Å²) in [5, 5.41) is 9.77. The Hall–Kier alpha value is -3.54.